The van der Waals surface area contributed by atoms with Crippen LogP contribution in [0.3, 0.4) is 0 Å². The molecule has 3 heteroatoms. The lowest BCUT2D eigenvalue weighted by atomic mass is 10.2. The minimum absolute atomic E-state index is 0.796. The number of hydrogen-bond acceptors (Lipinski definition) is 3. The van der Waals surface area contributed by atoms with Crippen molar-refractivity contribution < 1.29 is 0 Å². The van der Waals surface area contributed by atoms with Gasteiger partial charge < -0.3 is 0 Å². The van der Waals surface area contributed by atoms with Gasteiger partial charge in [-0.2, -0.15) is 0 Å². The maximum absolute atomic E-state index is 3.79. The van der Waals surface area contributed by atoms with Crippen molar-refractivity contribution in [3.8, 4) is 0 Å². The maximum atomic E-state index is 3.79. The molecule has 0 spiro atoms. The highest BCUT2D eigenvalue weighted by molar-refractivity contribution is 7.78. The molecule has 0 aromatic heterocycles. The van der Waals surface area contributed by atoms with Crippen LogP contribution in [0.2, 0.25) is 0 Å². The van der Waals surface area contributed by atoms with Gasteiger partial charge in [-0.3, -0.25) is 0 Å². The summed E-state index contributed by atoms with van der Waals surface area (Å²) >= 11 is 3.79. The molecule has 54 valence electrons. The van der Waals surface area contributed by atoms with Gasteiger partial charge in [-0.25, -0.2) is 10.3 Å². The number of hydrazine groups is 1. The van der Waals surface area contributed by atoms with Gasteiger partial charge in [0, 0.05) is 6.54 Å². The van der Waals surface area contributed by atoms with Crippen LogP contribution >= 0.6 is 12.8 Å². The third-order valence-corrected chi connectivity index (χ3v) is 1.37. The van der Waals surface area contributed by atoms with E-state index in [1.54, 1.807) is 0 Å². The predicted molar refractivity (Wildman–Crippen MR) is 45.4 cm³/mol. The quantitative estimate of drug-likeness (QED) is 0.449. The van der Waals surface area contributed by atoms with Crippen molar-refractivity contribution in [2.75, 3.05) is 0 Å². The molecule has 0 unspecified atom stereocenters. The van der Waals surface area contributed by atoms with Crippen LogP contribution in [0.4, 0.5) is 0 Å². The molecular weight excluding hydrogens is 144 g/mol. The lowest BCUT2D eigenvalue weighted by Gasteiger charge is -1.99. The molecule has 1 aromatic rings. The van der Waals surface area contributed by atoms with Gasteiger partial charge in [-0.15, -0.1) is 0 Å². The zero-order chi connectivity index (χ0) is 7.23. The topological polar surface area (TPSA) is 24.1 Å². The predicted octanol–water partition coefficient (Wildman–Crippen LogP) is 1.13. The normalized spacial score (nSPS) is 9.70. The summed E-state index contributed by atoms with van der Waals surface area (Å²) in [7, 11) is 0. The molecule has 0 atom stereocenters. The molecule has 0 bridgehead atoms. The molecule has 0 saturated carbocycles. The summed E-state index contributed by atoms with van der Waals surface area (Å²) < 4.78 is 0. The highest BCUT2D eigenvalue weighted by Crippen LogP contribution is 1.95. The molecule has 1 aromatic carbocycles. The highest BCUT2D eigenvalue weighted by Gasteiger charge is 1.85. The molecule has 0 saturated heterocycles. The zero-order valence-corrected chi connectivity index (χ0v) is 6.44. The van der Waals surface area contributed by atoms with Crippen molar-refractivity contribution >= 4 is 12.8 Å². The second kappa shape index (κ2) is 4.33. The summed E-state index contributed by atoms with van der Waals surface area (Å²) in [5.41, 5.74) is 4.12. The molecule has 0 fully saturated rings. The minimum atomic E-state index is 0.796. The van der Waals surface area contributed by atoms with Gasteiger partial charge in [-0.05, 0) is 5.56 Å². The Morgan fingerprint density at radius 2 is 1.90 bits per heavy atom. The molecule has 2 N–H and O–H groups in total. The van der Waals surface area contributed by atoms with Crippen LogP contribution in [0.5, 0.6) is 0 Å². The van der Waals surface area contributed by atoms with E-state index in [0.717, 1.165) is 6.54 Å². The fourth-order valence-electron chi connectivity index (χ4n) is 0.737. The summed E-state index contributed by atoms with van der Waals surface area (Å²) in [6.07, 6.45) is 0. The van der Waals surface area contributed by atoms with Crippen LogP contribution in [-0.4, -0.2) is 0 Å². The first-order valence-corrected chi connectivity index (χ1v) is 3.54. The Hall–Kier alpha value is -0.510. The maximum Gasteiger partial charge on any atom is 0.0359 e. The Bertz CT molecular complexity index is 176. The van der Waals surface area contributed by atoms with Crippen molar-refractivity contribution in [2.45, 2.75) is 6.54 Å². The summed E-state index contributed by atoms with van der Waals surface area (Å²) in [6.45, 7) is 0.796. The fraction of sp³-hybridized carbons (Fsp3) is 0.143. The smallest absolute Gasteiger partial charge is 0.0359 e. The summed E-state index contributed by atoms with van der Waals surface area (Å²) in [5, 5.41) is 0. The van der Waals surface area contributed by atoms with E-state index in [-0.39, 0.29) is 0 Å². The van der Waals surface area contributed by atoms with Crippen molar-refractivity contribution in [1.82, 2.24) is 10.3 Å². The molecule has 0 radical (unpaired) electrons. The van der Waals surface area contributed by atoms with Crippen LogP contribution in [0, 0.1) is 0 Å². The van der Waals surface area contributed by atoms with Crippen molar-refractivity contribution in [3.05, 3.63) is 35.9 Å². The third-order valence-electron chi connectivity index (χ3n) is 1.21. The average Bonchev–Trinajstić information content (AvgIpc) is 2.03. The molecule has 0 heterocycles. The number of nitrogens with one attached hydrogen (secondary N) is 2. The van der Waals surface area contributed by atoms with E-state index in [9.17, 15) is 0 Å². The summed E-state index contributed by atoms with van der Waals surface area (Å²) in [4.78, 5) is 2.56. The second-order valence-electron chi connectivity index (χ2n) is 1.95. The van der Waals surface area contributed by atoms with Crippen LogP contribution in [0.15, 0.2) is 30.3 Å². The summed E-state index contributed by atoms with van der Waals surface area (Å²) in [5.74, 6) is 0. The van der Waals surface area contributed by atoms with E-state index < -0.39 is 0 Å². The Balaban J connectivity index is 2.43. The van der Waals surface area contributed by atoms with E-state index in [0.29, 0.717) is 0 Å². The highest BCUT2D eigenvalue weighted by atomic mass is 32.1. The SMILES string of the molecule is SNNCc1ccccc1. The molecule has 0 amide bonds. The Morgan fingerprint density at radius 1 is 1.20 bits per heavy atom. The number of benzene rings is 1. The molecule has 0 aliphatic heterocycles. The summed E-state index contributed by atoms with van der Waals surface area (Å²) in [6, 6.07) is 10.1. The van der Waals surface area contributed by atoms with Gasteiger partial charge in [0.15, 0.2) is 0 Å². The lowest BCUT2D eigenvalue weighted by Crippen LogP contribution is -2.21. The van der Waals surface area contributed by atoms with Gasteiger partial charge in [0.2, 0.25) is 0 Å². The number of hydrogen-bond donors (Lipinski definition) is 3. The zero-order valence-electron chi connectivity index (χ0n) is 5.54. The fourth-order valence-corrected chi connectivity index (χ4v) is 0.817. The minimum Gasteiger partial charge on any atom is -0.244 e. The Morgan fingerprint density at radius 3 is 2.50 bits per heavy atom. The monoisotopic (exact) mass is 154 g/mol. The van der Waals surface area contributed by atoms with E-state index in [2.05, 4.69) is 35.2 Å². The Kier molecular flexibility index (Phi) is 3.29. The van der Waals surface area contributed by atoms with Crippen LogP contribution in [0.25, 0.3) is 0 Å². The van der Waals surface area contributed by atoms with Crippen molar-refractivity contribution in [3.63, 3.8) is 0 Å². The molecule has 1 rings (SSSR count). The molecule has 0 aliphatic rings. The van der Waals surface area contributed by atoms with Gasteiger partial charge >= 0.3 is 0 Å². The largest absolute Gasteiger partial charge is 0.244 e. The lowest BCUT2D eigenvalue weighted by molar-refractivity contribution is 0.689. The number of rotatable bonds is 3. The van der Waals surface area contributed by atoms with Gasteiger partial charge in [0.1, 0.15) is 0 Å². The molecular formula is C7H10N2S. The molecule has 10 heavy (non-hydrogen) atoms. The molecule has 0 aliphatic carbocycles. The first kappa shape index (κ1) is 7.60. The third kappa shape index (κ3) is 2.39. The first-order chi connectivity index (χ1) is 4.93. The van der Waals surface area contributed by atoms with E-state index >= 15 is 0 Å². The Labute approximate surface area is 66.2 Å². The van der Waals surface area contributed by atoms with Gasteiger partial charge in [-0.1, -0.05) is 43.1 Å². The number of thiol groups is 1. The second-order valence-corrected chi connectivity index (χ2v) is 2.17. The van der Waals surface area contributed by atoms with E-state index in [1.807, 2.05) is 18.2 Å². The van der Waals surface area contributed by atoms with Crippen LogP contribution < -0.4 is 10.3 Å². The van der Waals surface area contributed by atoms with E-state index in [1.165, 1.54) is 5.56 Å². The standard InChI is InChI=1S/C7H10N2S/c10-9-8-6-7-4-2-1-3-5-7/h1-5,8-10H,6H2. The van der Waals surface area contributed by atoms with Crippen LogP contribution in [-0.2, 0) is 6.54 Å². The van der Waals surface area contributed by atoms with Gasteiger partial charge in [0.05, 0.1) is 0 Å². The van der Waals surface area contributed by atoms with E-state index in [4.69, 9.17) is 0 Å². The average molecular weight is 154 g/mol. The first-order valence-electron chi connectivity index (χ1n) is 3.09. The van der Waals surface area contributed by atoms with Crippen molar-refractivity contribution in [2.24, 2.45) is 0 Å². The van der Waals surface area contributed by atoms with Crippen LogP contribution in [0.1, 0.15) is 5.56 Å². The molecule has 2 nitrogen and oxygen atoms in total. The van der Waals surface area contributed by atoms with Gasteiger partial charge in [0.25, 0.3) is 0 Å². The van der Waals surface area contributed by atoms with Crippen molar-refractivity contribution in [1.29, 1.82) is 0 Å².